The Hall–Kier alpha value is -0.160. The summed E-state index contributed by atoms with van der Waals surface area (Å²) < 4.78 is 5.17. The molecule has 2 unspecified atom stereocenters. The molecule has 0 spiro atoms. The Labute approximate surface area is 105 Å². The predicted molar refractivity (Wildman–Crippen MR) is 70.2 cm³/mol. The number of rotatable bonds is 10. The molecule has 0 aromatic rings. The molecule has 0 radical (unpaired) electrons. The Morgan fingerprint density at radius 3 is 2.65 bits per heavy atom. The van der Waals surface area contributed by atoms with Crippen LogP contribution < -0.4 is 5.32 Å². The molecule has 0 saturated heterocycles. The molecule has 0 aromatic carbocycles. The van der Waals surface area contributed by atoms with Gasteiger partial charge in [0.05, 0.1) is 13.2 Å². The summed E-state index contributed by atoms with van der Waals surface area (Å²) >= 11 is 0. The van der Waals surface area contributed by atoms with Gasteiger partial charge in [0.15, 0.2) is 0 Å². The lowest BCUT2D eigenvalue weighted by atomic mass is 10.1. The third kappa shape index (κ3) is 5.34. The molecule has 2 N–H and O–H groups in total. The van der Waals surface area contributed by atoms with E-state index in [1.165, 1.54) is 12.8 Å². The highest BCUT2D eigenvalue weighted by Gasteiger charge is 2.32. The Morgan fingerprint density at radius 2 is 2.18 bits per heavy atom. The second-order valence-corrected chi connectivity index (χ2v) is 5.00. The lowest BCUT2D eigenvalue weighted by Gasteiger charge is -2.32. The molecule has 0 bridgehead atoms. The number of aliphatic hydroxyl groups is 1. The molecular formula is C13H28N2O2. The minimum atomic E-state index is 0.179. The van der Waals surface area contributed by atoms with Crippen LogP contribution in [0.2, 0.25) is 0 Å². The third-order valence-corrected chi connectivity index (χ3v) is 3.63. The number of aliphatic hydroxyl groups excluding tert-OH is 1. The highest BCUT2D eigenvalue weighted by Crippen LogP contribution is 2.35. The van der Waals surface area contributed by atoms with Gasteiger partial charge in [0.25, 0.3) is 0 Å². The molecule has 2 atom stereocenters. The van der Waals surface area contributed by atoms with Crippen LogP contribution in [-0.4, -0.2) is 62.0 Å². The van der Waals surface area contributed by atoms with Gasteiger partial charge in [-0.05, 0) is 32.2 Å². The van der Waals surface area contributed by atoms with Gasteiger partial charge < -0.3 is 15.2 Å². The molecular weight excluding hydrogens is 216 g/mol. The van der Waals surface area contributed by atoms with Gasteiger partial charge in [-0.2, -0.15) is 0 Å². The zero-order valence-electron chi connectivity index (χ0n) is 11.5. The van der Waals surface area contributed by atoms with Crippen LogP contribution >= 0.6 is 0 Å². The third-order valence-electron chi connectivity index (χ3n) is 3.63. The van der Waals surface area contributed by atoms with Crippen molar-refractivity contribution in [3.05, 3.63) is 0 Å². The molecule has 1 rings (SSSR count). The molecule has 17 heavy (non-hydrogen) atoms. The second kappa shape index (κ2) is 8.03. The normalized spacial score (nSPS) is 19.6. The van der Waals surface area contributed by atoms with Gasteiger partial charge in [-0.25, -0.2) is 0 Å². The SMILES string of the molecule is CCNC(CO)CN(CCOC)C(C)C1CC1. The average molecular weight is 244 g/mol. The monoisotopic (exact) mass is 244 g/mol. The van der Waals surface area contributed by atoms with E-state index in [0.29, 0.717) is 6.04 Å². The highest BCUT2D eigenvalue weighted by atomic mass is 16.5. The van der Waals surface area contributed by atoms with Crippen LogP contribution in [0.1, 0.15) is 26.7 Å². The number of nitrogens with zero attached hydrogens (tertiary/aromatic N) is 1. The van der Waals surface area contributed by atoms with Gasteiger partial charge in [-0.1, -0.05) is 6.92 Å². The van der Waals surface area contributed by atoms with E-state index in [2.05, 4.69) is 24.1 Å². The van der Waals surface area contributed by atoms with Crippen molar-refractivity contribution >= 4 is 0 Å². The van der Waals surface area contributed by atoms with Gasteiger partial charge in [-0.15, -0.1) is 0 Å². The fourth-order valence-electron chi connectivity index (χ4n) is 2.31. The molecule has 4 heteroatoms. The predicted octanol–water partition coefficient (Wildman–Crippen LogP) is 0.704. The van der Waals surface area contributed by atoms with E-state index in [1.54, 1.807) is 7.11 Å². The summed E-state index contributed by atoms with van der Waals surface area (Å²) in [6, 6.07) is 0.788. The summed E-state index contributed by atoms with van der Waals surface area (Å²) in [6.45, 7) is 8.11. The summed E-state index contributed by atoms with van der Waals surface area (Å²) in [5, 5.41) is 12.7. The van der Waals surface area contributed by atoms with Gasteiger partial charge in [0, 0.05) is 32.3 Å². The Morgan fingerprint density at radius 1 is 1.47 bits per heavy atom. The molecule has 1 fully saturated rings. The van der Waals surface area contributed by atoms with Gasteiger partial charge in [0.2, 0.25) is 0 Å². The van der Waals surface area contributed by atoms with Crippen molar-refractivity contribution in [3.63, 3.8) is 0 Å². The number of hydrogen-bond acceptors (Lipinski definition) is 4. The number of ether oxygens (including phenoxy) is 1. The number of methoxy groups -OCH3 is 1. The summed E-state index contributed by atoms with van der Waals surface area (Å²) in [5.41, 5.74) is 0. The first kappa shape index (κ1) is 14.9. The largest absolute Gasteiger partial charge is 0.395 e. The van der Waals surface area contributed by atoms with Crippen LogP contribution in [0.5, 0.6) is 0 Å². The topological polar surface area (TPSA) is 44.7 Å². The minimum absolute atomic E-state index is 0.179. The van der Waals surface area contributed by atoms with Crippen molar-refractivity contribution in [1.82, 2.24) is 10.2 Å². The number of likely N-dealkylation sites (N-methyl/N-ethyl adjacent to an activating group) is 1. The van der Waals surface area contributed by atoms with Crippen LogP contribution in [0.4, 0.5) is 0 Å². The summed E-state index contributed by atoms with van der Waals surface area (Å²) in [4.78, 5) is 2.45. The molecule has 4 nitrogen and oxygen atoms in total. The molecule has 102 valence electrons. The zero-order chi connectivity index (χ0) is 12.7. The van der Waals surface area contributed by atoms with Crippen LogP contribution in [-0.2, 0) is 4.74 Å². The Bertz CT molecular complexity index is 198. The molecule has 0 aromatic heterocycles. The lowest BCUT2D eigenvalue weighted by molar-refractivity contribution is 0.0973. The van der Waals surface area contributed by atoms with E-state index in [-0.39, 0.29) is 12.6 Å². The fourth-order valence-corrected chi connectivity index (χ4v) is 2.31. The van der Waals surface area contributed by atoms with Crippen LogP contribution in [0.15, 0.2) is 0 Å². The first-order chi connectivity index (χ1) is 8.22. The standard InChI is InChI=1S/C13H28N2O2/c1-4-14-13(10-16)9-15(7-8-17-3)11(2)12-5-6-12/h11-14,16H,4-10H2,1-3H3. The van der Waals surface area contributed by atoms with Crippen molar-refractivity contribution in [2.45, 2.75) is 38.8 Å². The van der Waals surface area contributed by atoms with Crippen molar-refractivity contribution in [3.8, 4) is 0 Å². The highest BCUT2D eigenvalue weighted by molar-refractivity contribution is 4.87. The molecule has 0 aliphatic heterocycles. The minimum Gasteiger partial charge on any atom is -0.395 e. The van der Waals surface area contributed by atoms with Crippen molar-refractivity contribution in [2.24, 2.45) is 5.92 Å². The maximum Gasteiger partial charge on any atom is 0.0597 e. The van der Waals surface area contributed by atoms with Crippen molar-refractivity contribution in [2.75, 3.05) is 40.0 Å². The smallest absolute Gasteiger partial charge is 0.0597 e. The summed E-state index contributed by atoms with van der Waals surface area (Å²) in [7, 11) is 1.74. The lowest BCUT2D eigenvalue weighted by Crippen LogP contribution is -2.48. The zero-order valence-corrected chi connectivity index (χ0v) is 11.5. The summed E-state index contributed by atoms with van der Waals surface area (Å²) in [6.07, 6.45) is 2.71. The molecule has 0 heterocycles. The van der Waals surface area contributed by atoms with Gasteiger partial charge in [0.1, 0.15) is 0 Å². The fraction of sp³-hybridized carbons (Fsp3) is 1.00. The average Bonchev–Trinajstić information content (AvgIpc) is 3.16. The number of nitrogens with one attached hydrogen (secondary N) is 1. The van der Waals surface area contributed by atoms with E-state index in [4.69, 9.17) is 4.74 Å². The maximum absolute atomic E-state index is 9.35. The van der Waals surface area contributed by atoms with E-state index in [0.717, 1.165) is 32.2 Å². The Balaban J connectivity index is 2.42. The van der Waals surface area contributed by atoms with Crippen molar-refractivity contribution < 1.29 is 9.84 Å². The summed E-state index contributed by atoms with van der Waals surface area (Å²) in [5.74, 6) is 0.854. The van der Waals surface area contributed by atoms with Gasteiger partial charge >= 0.3 is 0 Å². The van der Waals surface area contributed by atoms with E-state index in [9.17, 15) is 5.11 Å². The molecule has 1 saturated carbocycles. The van der Waals surface area contributed by atoms with Crippen LogP contribution in [0.3, 0.4) is 0 Å². The first-order valence-corrected chi connectivity index (χ1v) is 6.80. The quantitative estimate of drug-likeness (QED) is 0.594. The maximum atomic E-state index is 9.35. The van der Waals surface area contributed by atoms with E-state index < -0.39 is 0 Å². The van der Waals surface area contributed by atoms with Crippen molar-refractivity contribution in [1.29, 1.82) is 0 Å². The van der Waals surface area contributed by atoms with Gasteiger partial charge in [-0.3, -0.25) is 4.90 Å². The molecule has 1 aliphatic carbocycles. The van der Waals surface area contributed by atoms with Crippen LogP contribution in [0, 0.1) is 5.92 Å². The Kier molecular flexibility index (Phi) is 7.04. The van der Waals surface area contributed by atoms with Crippen LogP contribution in [0.25, 0.3) is 0 Å². The van der Waals surface area contributed by atoms with E-state index in [1.807, 2.05) is 0 Å². The van der Waals surface area contributed by atoms with E-state index >= 15 is 0 Å². The second-order valence-electron chi connectivity index (χ2n) is 5.00. The first-order valence-electron chi connectivity index (χ1n) is 6.80. The number of hydrogen-bond donors (Lipinski definition) is 2. The molecule has 1 aliphatic rings. The molecule has 0 amide bonds.